The monoisotopic (exact) mass is 143 g/mol. The van der Waals surface area contributed by atoms with Crippen molar-refractivity contribution < 1.29 is 5.11 Å². The summed E-state index contributed by atoms with van der Waals surface area (Å²) in [5.74, 6) is 0.834. The lowest BCUT2D eigenvalue weighted by Gasteiger charge is -2.21. The van der Waals surface area contributed by atoms with Crippen molar-refractivity contribution in [2.75, 3.05) is 19.7 Å². The lowest BCUT2D eigenvalue weighted by Crippen LogP contribution is -2.29. The van der Waals surface area contributed by atoms with Crippen molar-refractivity contribution in [3.05, 3.63) is 0 Å². The predicted molar refractivity (Wildman–Crippen MR) is 41.9 cm³/mol. The Balaban J connectivity index is 2.02. The van der Waals surface area contributed by atoms with Gasteiger partial charge in [0, 0.05) is 6.61 Å². The van der Waals surface area contributed by atoms with E-state index in [-0.39, 0.29) is 0 Å². The first-order valence-electron chi connectivity index (χ1n) is 4.25. The molecule has 0 spiro atoms. The van der Waals surface area contributed by atoms with Gasteiger partial charge in [-0.25, -0.2) is 0 Å². The van der Waals surface area contributed by atoms with Gasteiger partial charge in [-0.05, 0) is 44.7 Å². The van der Waals surface area contributed by atoms with Crippen molar-refractivity contribution >= 4 is 0 Å². The average molecular weight is 143 g/mol. The Bertz CT molecular complexity index is 79.3. The molecule has 10 heavy (non-hydrogen) atoms. The number of nitrogens with one attached hydrogen (secondary N) is 1. The van der Waals surface area contributed by atoms with Gasteiger partial charge in [0.25, 0.3) is 0 Å². The summed E-state index contributed by atoms with van der Waals surface area (Å²) in [5.41, 5.74) is 0. The van der Waals surface area contributed by atoms with Crippen molar-refractivity contribution in [3.63, 3.8) is 0 Å². The fourth-order valence-electron chi connectivity index (χ4n) is 1.55. The van der Waals surface area contributed by atoms with Crippen molar-refractivity contribution in [1.82, 2.24) is 5.32 Å². The van der Waals surface area contributed by atoms with E-state index in [9.17, 15) is 0 Å². The number of piperidine rings is 1. The topological polar surface area (TPSA) is 32.3 Å². The minimum Gasteiger partial charge on any atom is -0.396 e. The number of hydrogen-bond donors (Lipinski definition) is 2. The summed E-state index contributed by atoms with van der Waals surface area (Å²) >= 11 is 0. The fourth-order valence-corrected chi connectivity index (χ4v) is 1.55. The summed E-state index contributed by atoms with van der Waals surface area (Å²) in [4.78, 5) is 0. The van der Waals surface area contributed by atoms with E-state index in [0.29, 0.717) is 6.61 Å². The van der Waals surface area contributed by atoms with Gasteiger partial charge >= 0.3 is 0 Å². The van der Waals surface area contributed by atoms with Gasteiger partial charge in [-0.15, -0.1) is 0 Å². The quantitative estimate of drug-likeness (QED) is 0.611. The van der Waals surface area contributed by atoms with Crippen LogP contribution in [0.5, 0.6) is 0 Å². The molecule has 0 amide bonds. The summed E-state index contributed by atoms with van der Waals surface area (Å²) in [6.45, 7) is 2.71. The minimum atomic E-state index is 0.358. The van der Waals surface area contributed by atoms with Crippen molar-refractivity contribution in [2.24, 2.45) is 5.92 Å². The van der Waals surface area contributed by atoms with Gasteiger partial charge in [0.1, 0.15) is 0 Å². The maximum atomic E-state index is 8.58. The average Bonchev–Trinajstić information content (AvgIpc) is 2.03. The van der Waals surface area contributed by atoms with Gasteiger partial charge in [0.15, 0.2) is 0 Å². The van der Waals surface area contributed by atoms with Crippen LogP contribution in [0.25, 0.3) is 0 Å². The third-order valence-electron chi connectivity index (χ3n) is 2.17. The maximum Gasteiger partial charge on any atom is 0.0431 e. The molecule has 2 nitrogen and oxygen atoms in total. The Morgan fingerprint density at radius 2 is 2.40 bits per heavy atom. The van der Waals surface area contributed by atoms with Crippen LogP contribution in [-0.4, -0.2) is 24.8 Å². The van der Waals surface area contributed by atoms with E-state index in [0.717, 1.165) is 12.3 Å². The van der Waals surface area contributed by atoms with Crippen molar-refractivity contribution in [2.45, 2.75) is 25.7 Å². The molecule has 0 saturated carbocycles. The normalized spacial score (nSPS) is 26.7. The van der Waals surface area contributed by atoms with Gasteiger partial charge in [-0.2, -0.15) is 0 Å². The van der Waals surface area contributed by atoms with Gasteiger partial charge in [-0.3, -0.25) is 0 Å². The van der Waals surface area contributed by atoms with Crippen LogP contribution >= 0.6 is 0 Å². The van der Waals surface area contributed by atoms with Crippen molar-refractivity contribution in [1.29, 1.82) is 0 Å². The number of hydrogen-bond acceptors (Lipinski definition) is 2. The van der Waals surface area contributed by atoms with E-state index in [1.807, 2.05) is 0 Å². The molecule has 0 aliphatic carbocycles. The third kappa shape index (κ3) is 2.67. The number of aliphatic hydroxyl groups excluding tert-OH is 1. The molecule has 2 N–H and O–H groups in total. The van der Waals surface area contributed by atoms with E-state index < -0.39 is 0 Å². The number of rotatable bonds is 3. The van der Waals surface area contributed by atoms with Gasteiger partial charge in [0.2, 0.25) is 0 Å². The Kier molecular flexibility index (Phi) is 3.76. The molecule has 1 atom stereocenters. The van der Waals surface area contributed by atoms with Crippen LogP contribution in [0.2, 0.25) is 0 Å². The highest BCUT2D eigenvalue weighted by Gasteiger charge is 2.11. The van der Waals surface area contributed by atoms with Crippen LogP contribution in [0, 0.1) is 5.92 Å². The van der Waals surface area contributed by atoms with E-state index in [1.54, 1.807) is 0 Å². The molecule has 0 bridgehead atoms. The zero-order chi connectivity index (χ0) is 7.23. The SMILES string of the molecule is OCCC[C@H]1CCCNC1. The summed E-state index contributed by atoms with van der Waals surface area (Å²) in [6.07, 6.45) is 4.85. The molecule has 0 unspecified atom stereocenters. The van der Waals surface area contributed by atoms with Crippen LogP contribution < -0.4 is 5.32 Å². The van der Waals surface area contributed by atoms with E-state index in [1.165, 1.54) is 32.4 Å². The van der Waals surface area contributed by atoms with Crippen LogP contribution in [0.1, 0.15) is 25.7 Å². The Labute approximate surface area is 62.6 Å². The predicted octanol–water partition coefficient (Wildman–Crippen LogP) is 0.758. The van der Waals surface area contributed by atoms with Gasteiger partial charge < -0.3 is 10.4 Å². The second kappa shape index (κ2) is 4.69. The van der Waals surface area contributed by atoms with Gasteiger partial charge in [0.05, 0.1) is 0 Å². The molecule has 1 aliphatic rings. The van der Waals surface area contributed by atoms with Crippen LogP contribution in [0.4, 0.5) is 0 Å². The first kappa shape index (κ1) is 8.02. The summed E-state index contributed by atoms with van der Waals surface area (Å²) in [7, 11) is 0. The lowest BCUT2D eigenvalue weighted by molar-refractivity contribution is 0.258. The Hall–Kier alpha value is -0.0800. The molecular formula is C8H17NO. The highest BCUT2D eigenvalue weighted by Crippen LogP contribution is 2.14. The second-order valence-electron chi connectivity index (χ2n) is 3.08. The molecule has 1 heterocycles. The molecule has 1 fully saturated rings. The highest BCUT2D eigenvalue weighted by atomic mass is 16.2. The molecule has 0 aromatic rings. The molecule has 1 saturated heterocycles. The zero-order valence-electron chi connectivity index (χ0n) is 6.47. The Morgan fingerprint density at radius 1 is 1.50 bits per heavy atom. The highest BCUT2D eigenvalue weighted by molar-refractivity contribution is 4.68. The summed E-state index contributed by atoms with van der Waals surface area (Å²) in [5, 5.41) is 11.9. The van der Waals surface area contributed by atoms with Crippen LogP contribution in [0.15, 0.2) is 0 Å². The molecule has 0 radical (unpaired) electrons. The zero-order valence-corrected chi connectivity index (χ0v) is 6.47. The van der Waals surface area contributed by atoms with Crippen LogP contribution in [0.3, 0.4) is 0 Å². The molecule has 0 aromatic heterocycles. The minimum absolute atomic E-state index is 0.358. The van der Waals surface area contributed by atoms with E-state index >= 15 is 0 Å². The lowest BCUT2D eigenvalue weighted by atomic mass is 9.95. The molecule has 1 aliphatic heterocycles. The Morgan fingerprint density at radius 3 is 3.00 bits per heavy atom. The maximum absolute atomic E-state index is 8.58. The molecule has 0 aromatic carbocycles. The molecular weight excluding hydrogens is 126 g/mol. The third-order valence-corrected chi connectivity index (χ3v) is 2.17. The smallest absolute Gasteiger partial charge is 0.0431 e. The van der Waals surface area contributed by atoms with Gasteiger partial charge in [-0.1, -0.05) is 0 Å². The first-order chi connectivity index (χ1) is 4.93. The van der Waals surface area contributed by atoms with E-state index in [4.69, 9.17) is 5.11 Å². The molecule has 1 rings (SSSR count). The van der Waals surface area contributed by atoms with Crippen LogP contribution in [-0.2, 0) is 0 Å². The molecule has 2 heteroatoms. The van der Waals surface area contributed by atoms with E-state index in [2.05, 4.69) is 5.32 Å². The summed E-state index contributed by atoms with van der Waals surface area (Å²) < 4.78 is 0. The summed E-state index contributed by atoms with van der Waals surface area (Å²) in [6, 6.07) is 0. The number of aliphatic hydroxyl groups is 1. The largest absolute Gasteiger partial charge is 0.396 e. The fraction of sp³-hybridized carbons (Fsp3) is 1.00. The standard InChI is InChI=1S/C8H17NO/c10-6-2-4-8-3-1-5-9-7-8/h8-10H,1-7H2/t8-/m1/s1. The molecule has 60 valence electrons. The van der Waals surface area contributed by atoms with Crippen molar-refractivity contribution in [3.8, 4) is 0 Å². The second-order valence-corrected chi connectivity index (χ2v) is 3.08. The first-order valence-corrected chi connectivity index (χ1v) is 4.25.